The number of rotatable bonds is 10. The van der Waals surface area contributed by atoms with E-state index in [1.165, 1.54) is 24.3 Å². The Hall–Kier alpha value is -2.93. The van der Waals surface area contributed by atoms with Crippen LogP contribution in [0.2, 0.25) is 0 Å². The Morgan fingerprint density at radius 2 is 1.65 bits per heavy atom. The lowest BCUT2D eigenvalue weighted by atomic mass is 9.91. The van der Waals surface area contributed by atoms with Gasteiger partial charge < -0.3 is 29.0 Å². The maximum atomic E-state index is 14.0. The normalized spacial score (nSPS) is 18.8. The van der Waals surface area contributed by atoms with Gasteiger partial charge in [0, 0.05) is 6.42 Å². The first-order chi connectivity index (χ1) is 19.7. The van der Waals surface area contributed by atoms with Crippen molar-refractivity contribution >= 4 is 6.09 Å². The van der Waals surface area contributed by atoms with Gasteiger partial charge in [-0.15, -0.1) is 13.2 Å². The van der Waals surface area contributed by atoms with Crippen molar-refractivity contribution in [2.75, 3.05) is 19.8 Å². The van der Waals surface area contributed by atoms with Crippen LogP contribution in [-0.4, -0.2) is 49.2 Å². The second-order valence-corrected chi connectivity index (χ2v) is 12.2. The Bertz CT molecular complexity index is 1170. The lowest BCUT2D eigenvalue weighted by Gasteiger charge is -2.44. The molecular formula is C30H39F6NO6. The molecule has 0 spiro atoms. The molecule has 0 bridgehead atoms. The number of carbonyl (C=O) groups excluding carboxylic acids is 1. The van der Waals surface area contributed by atoms with Gasteiger partial charge in [0.05, 0.1) is 30.9 Å². The van der Waals surface area contributed by atoms with Crippen molar-refractivity contribution in [1.29, 1.82) is 0 Å². The average molecular weight is 624 g/mol. The number of allylic oxidation sites excluding steroid dienone is 4. The molecule has 0 saturated carbocycles. The molecular weight excluding hydrogens is 584 g/mol. The van der Waals surface area contributed by atoms with E-state index in [9.17, 15) is 31.1 Å². The number of alkyl halides is 6. The molecule has 1 fully saturated rings. The predicted octanol–water partition coefficient (Wildman–Crippen LogP) is 7.98. The van der Waals surface area contributed by atoms with E-state index < -0.39 is 41.1 Å². The van der Waals surface area contributed by atoms with Crippen LogP contribution in [0.4, 0.5) is 31.1 Å². The molecule has 1 aliphatic carbocycles. The van der Waals surface area contributed by atoms with Crippen molar-refractivity contribution in [2.45, 2.75) is 103 Å². The molecule has 1 aromatic carbocycles. The molecule has 242 valence electrons. The summed E-state index contributed by atoms with van der Waals surface area (Å²) in [4.78, 5) is 12.6. The van der Waals surface area contributed by atoms with E-state index in [2.05, 4.69) is 10.1 Å². The highest BCUT2D eigenvalue weighted by molar-refractivity contribution is 5.69. The molecule has 43 heavy (non-hydrogen) atoms. The summed E-state index contributed by atoms with van der Waals surface area (Å²) in [6, 6.07) is 3.84. The van der Waals surface area contributed by atoms with Gasteiger partial charge in [-0.05, 0) is 90.5 Å². The van der Waals surface area contributed by atoms with Gasteiger partial charge in [-0.1, -0.05) is 17.7 Å². The van der Waals surface area contributed by atoms with Gasteiger partial charge in [0.15, 0.2) is 5.79 Å². The highest BCUT2D eigenvalue weighted by atomic mass is 19.4. The third-order valence-electron chi connectivity index (χ3n) is 6.74. The summed E-state index contributed by atoms with van der Waals surface area (Å²) in [6.07, 6.45) is -5.62. The van der Waals surface area contributed by atoms with Crippen molar-refractivity contribution in [2.24, 2.45) is 0 Å². The number of ether oxygens (including phenoxy) is 5. The van der Waals surface area contributed by atoms with Crippen molar-refractivity contribution in [1.82, 2.24) is 5.32 Å². The number of amides is 1. The Kier molecular flexibility index (Phi) is 10.7. The molecule has 3 rings (SSSR count). The zero-order valence-corrected chi connectivity index (χ0v) is 25.0. The lowest BCUT2D eigenvalue weighted by molar-refractivity contribution is -0.306. The summed E-state index contributed by atoms with van der Waals surface area (Å²) >= 11 is 0. The first-order valence-electron chi connectivity index (χ1n) is 14.0. The van der Waals surface area contributed by atoms with E-state index >= 15 is 0 Å². The summed E-state index contributed by atoms with van der Waals surface area (Å²) in [7, 11) is 0. The van der Waals surface area contributed by atoms with Crippen molar-refractivity contribution < 1.29 is 54.8 Å². The van der Waals surface area contributed by atoms with Gasteiger partial charge in [0.2, 0.25) is 0 Å². The predicted molar refractivity (Wildman–Crippen MR) is 145 cm³/mol. The largest absolute Gasteiger partial charge is 0.572 e. The third-order valence-corrected chi connectivity index (χ3v) is 6.74. The van der Waals surface area contributed by atoms with Crippen molar-refractivity contribution in [3.63, 3.8) is 0 Å². The molecule has 1 N–H and O–H groups in total. The summed E-state index contributed by atoms with van der Waals surface area (Å²) in [6.45, 7) is 8.76. The molecule has 1 aliphatic heterocycles. The summed E-state index contributed by atoms with van der Waals surface area (Å²) in [5.41, 5.74) is -1.46. The fourth-order valence-electron chi connectivity index (χ4n) is 4.55. The fourth-order valence-corrected chi connectivity index (χ4v) is 4.55. The number of carbonyl (C=O) groups is 1. The van der Waals surface area contributed by atoms with E-state index in [0.717, 1.165) is 11.6 Å². The number of alkyl carbamates (subject to hydrolysis) is 1. The summed E-state index contributed by atoms with van der Waals surface area (Å²) < 4.78 is 105. The molecule has 1 saturated heterocycles. The lowest BCUT2D eigenvalue weighted by Crippen LogP contribution is -2.61. The first-order valence-corrected chi connectivity index (χ1v) is 14.0. The first kappa shape index (κ1) is 34.6. The van der Waals surface area contributed by atoms with Crippen LogP contribution in [0.3, 0.4) is 0 Å². The minimum Gasteiger partial charge on any atom is -0.493 e. The number of nitrogens with one attached hydrogen (secondary N) is 1. The van der Waals surface area contributed by atoms with E-state index in [1.54, 1.807) is 34.6 Å². The standard InChI is InChI=1S/C30H39F6NO6/c1-26(2,3)43-25(38)37-28(18-40-27(4,5)41-19-28)15-14-21-10-13-24(23(17-21)29(31,32)33)39-16-6-7-20-8-11-22(12-9-20)42-30(34,35)36/h8,10-11,13,17H,6-7,9,12,14-16,18-19H2,1-5H3,(H,37,38). The Balaban J connectivity index is 1.63. The highest BCUT2D eigenvalue weighted by Gasteiger charge is 2.42. The van der Waals surface area contributed by atoms with Crippen LogP contribution in [0, 0.1) is 0 Å². The van der Waals surface area contributed by atoms with Crippen LogP contribution < -0.4 is 10.1 Å². The van der Waals surface area contributed by atoms with Crippen LogP contribution >= 0.6 is 0 Å². The van der Waals surface area contributed by atoms with E-state index in [-0.39, 0.29) is 50.6 Å². The van der Waals surface area contributed by atoms with Gasteiger partial charge in [0.25, 0.3) is 0 Å². The fraction of sp³-hybridized carbons (Fsp3) is 0.633. The quantitative estimate of drug-likeness (QED) is 0.210. The molecule has 1 heterocycles. The molecule has 0 radical (unpaired) electrons. The average Bonchev–Trinajstić information content (AvgIpc) is 2.86. The monoisotopic (exact) mass is 623 g/mol. The Labute approximate surface area is 247 Å². The van der Waals surface area contributed by atoms with Gasteiger partial charge in [-0.25, -0.2) is 4.79 Å². The molecule has 0 atom stereocenters. The number of benzene rings is 1. The SMILES string of the molecule is CC(C)(C)OC(=O)NC1(CCc2ccc(OCCCC3=CC=C(OC(F)(F)F)CC3)c(C(F)(F)F)c2)COC(C)(C)OC1. The van der Waals surface area contributed by atoms with Gasteiger partial charge in [0.1, 0.15) is 17.1 Å². The second-order valence-electron chi connectivity index (χ2n) is 12.2. The smallest absolute Gasteiger partial charge is 0.493 e. The molecule has 0 aromatic heterocycles. The summed E-state index contributed by atoms with van der Waals surface area (Å²) in [5, 5.41) is 2.80. The van der Waals surface area contributed by atoms with Gasteiger partial charge in [-0.2, -0.15) is 13.2 Å². The zero-order valence-electron chi connectivity index (χ0n) is 25.0. The van der Waals surface area contributed by atoms with Crippen LogP contribution in [-0.2, 0) is 31.5 Å². The van der Waals surface area contributed by atoms with Crippen LogP contribution in [0.1, 0.15) is 77.8 Å². The summed E-state index contributed by atoms with van der Waals surface area (Å²) in [5.74, 6) is -1.38. The van der Waals surface area contributed by atoms with Gasteiger partial charge in [-0.3, -0.25) is 0 Å². The van der Waals surface area contributed by atoms with Crippen LogP contribution in [0.5, 0.6) is 5.75 Å². The molecule has 0 unspecified atom stereocenters. The van der Waals surface area contributed by atoms with Crippen molar-refractivity contribution in [3.05, 3.63) is 52.8 Å². The van der Waals surface area contributed by atoms with E-state index in [0.29, 0.717) is 24.8 Å². The maximum absolute atomic E-state index is 14.0. The Morgan fingerprint density at radius 3 is 2.21 bits per heavy atom. The topological polar surface area (TPSA) is 75.3 Å². The second kappa shape index (κ2) is 13.4. The van der Waals surface area contributed by atoms with Crippen molar-refractivity contribution in [3.8, 4) is 5.75 Å². The number of hydrogen-bond donors (Lipinski definition) is 1. The highest BCUT2D eigenvalue weighted by Crippen LogP contribution is 2.38. The minimum absolute atomic E-state index is 0.0111. The van der Waals surface area contributed by atoms with Gasteiger partial charge >= 0.3 is 18.6 Å². The molecule has 7 nitrogen and oxygen atoms in total. The number of halogens is 6. The molecule has 13 heteroatoms. The van der Waals surface area contributed by atoms with Crippen LogP contribution in [0.25, 0.3) is 0 Å². The minimum atomic E-state index is -4.74. The molecule has 1 aromatic rings. The maximum Gasteiger partial charge on any atom is 0.572 e. The zero-order chi connectivity index (χ0) is 32.1. The third kappa shape index (κ3) is 11.6. The van der Waals surface area contributed by atoms with Crippen LogP contribution in [0.15, 0.2) is 41.7 Å². The molecule has 1 amide bonds. The Morgan fingerprint density at radius 1 is 0.977 bits per heavy atom. The number of aryl methyl sites for hydroxylation is 1. The molecule has 2 aliphatic rings. The number of hydrogen-bond acceptors (Lipinski definition) is 6. The van der Waals surface area contributed by atoms with E-state index in [4.69, 9.17) is 18.9 Å². The van der Waals surface area contributed by atoms with E-state index in [1.807, 2.05) is 0 Å².